The van der Waals surface area contributed by atoms with E-state index in [0.29, 0.717) is 12.0 Å². The first-order valence-corrected chi connectivity index (χ1v) is 6.44. The van der Waals surface area contributed by atoms with Crippen LogP contribution in [0.15, 0.2) is 42.7 Å². The van der Waals surface area contributed by atoms with Gasteiger partial charge in [-0.2, -0.15) is 0 Å². The summed E-state index contributed by atoms with van der Waals surface area (Å²) in [5.41, 5.74) is 1.68. The third kappa shape index (κ3) is 3.05. The summed E-state index contributed by atoms with van der Waals surface area (Å²) < 4.78 is 13.8. The van der Waals surface area contributed by atoms with Crippen molar-refractivity contribution in [2.24, 2.45) is 0 Å². The van der Waals surface area contributed by atoms with Crippen LogP contribution in [0.5, 0.6) is 0 Å². The molecule has 1 heterocycles. The molecule has 0 saturated heterocycles. The van der Waals surface area contributed by atoms with Gasteiger partial charge < -0.3 is 0 Å². The molecule has 0 radical (unpaired) electrons. The molecule has 0 spiro atoms. The van der Waals surface area contributed by atoms with Gasteiger partial charge >= 0.3 is 0 Å². The molecule has 4 heteroatoms. The molecule has 1 aromatic heterocycles. The highest BCUT2D eigenvalue weighted by molar-refractivity contribution is 9.09. The molecule has 0 aliphatic heterocycles. The normalized spacial score (nSPS) is 12.4. The summed E-state index contributed by atoms with van der Waals surface area (Å²) in [6.07, 6.45) is 4.15. The van der Waals surface area contributed by atoms with E-state index in [4.69, 9.17) is 11.6 Å². The van der Waals surface area contributed by atoms with Crippen LogP contribution in [0.4, 0.5) is 4.39 Å². The Labute approximate surface area is 113 Å². The van der Waals surface area contributed by atoms with E-state index in [-0.39, 0.29) is 15.7 Å². The number of benzene rings is 1. The van der Waals surface area contributed by atoms with Crippen molar-refractivity contribution in [2.75, 3.05) is 0 Å². The second-order valence-electron chi connectivity index (χ2n) is 3.67. The highest BCUT2D eigenvalue weighted by atomic mass is 79.9. The lowest BCUT2D eigenvalue weighted by Gasteiger charge is -2.11. The van der Waals surface area contributed by atoms with E-state index < -0.39 is 0 Å². The summed E-state index contributed by atoms with van der Waals surface area (Å²) >= 11 is 9.24. The Hall–Kier alpha value is -0.930. The fourth-order valence-corrected chi connectivity index (χ4v) is 2.51. The fraction of sp³-hybridized carbons (Fsp3) is 0.154. The molecule has 17 heavy (non-hydrogen) atoms. The number of rotatable bonds is 3. The minimum Gasteiger partial charge on any atom is -0.265 e. The average Bonchev–Trinajstić information content (AvgIpc) is 2.34. The molecule has 1 unspecified atom stereocenters. The first-order valence-electron chi connectivity index (χ1n) is 5.15. The summed E-state index contributed by atoms with van der Waals surface area (Å²) in [7, 11) is 0. The van der Waals surface area contributed by atoms with Gasteiger partial charge in [-0.1, -0.05) is 39.7 Å². The lowest BCUT2D eigenvalue weighted by Crippen LogP contribution is -1.99. The number of aromatic nitrogens is 1. The maximum atomic E-state index is 13.8. The molecule has 0 amide bonds. The number of pyridine rings is 1. The molecule has 0 fully saturated rings. The van der Waals surface area contributed by atoms with Crippen molar-refractivity contribution >= 4 is 27.5 Å². The van der Waals surface area contributed by atoms with Crippen LogP contribution in [0, 0.1) is 5.82 Å². The Morgan fingerprint density at radius 3 is 2.65 bits per heavy atom. The van der Waals surface area contributed by atoms with E-state index in [0.717, 1.165) is 5.56 Å². The molecule has 0 N–H and O–H groups in total. The van der Waals surface area contributed by atoms with Crippen molar-refractivity contribution < 1.29 is 4.39 Å². The highest BCUT2D eigenvalue weighted by Gasteiger charge is 2.15. The molecule has 1 nitrogen and oxygen atoms in total. The lowest BCUT2D eigenvalue weighted by atomic mass is 10.0. The first kappa shape index (κ1) is 12.5. The summed E-state index contributed by atoms with van der Waals surface area (Å²) in [5, 5.41) is 0.154. The monoisotopic (exact) mass is 313 g/mol. The second-order valence-corrected chi connectivity index (χ2v) is 5.18. The van der Waals surface area contributed by atoms with Gasteiger partial charge in [-0.25, -0.2) is 4.39 Å². The number of alkyl halides is 1. The van der Waals surface area contributed by atoms with E-state index >= 15 is 0 Å². The van der Waals surface area contributed by atoms with Gasteiger partial charge in [-0.05, 0) is 30.2 Å². The van der Waals surface area contributed by atoms with E-state index in [1.807, 2.05) is 12.1 Å². The van der Waals surface area contributed by atoms with Crippen LogP contribution >= 0.6 is 27.5 Å². The van der Waals surface area contributed by atoms with Crippen molar-refractivity contribution in [3.8, 4) is 0 Å². The van der Waals surface area contributed by atoms with Gasteiger partial charge in [0.2, 0.25) is 0 Å². The molecule has 1 atom stereocenters. The van der Waals surface area contributed by atoms with Crippen molar-refractivity contribution in [1.82, 2.24) is 4.98 Å². The van der Waals surface area contributed by atoms with Gasteiger partial charge in [-0.15, -0.1) is 0 Å². The van der Waals surface area contributed by atoms with Crippen LogP contribution in [-0.2, 0) is 6.42 Å². The minimum absolute atomic E-state index is 0.0939. The van der Waals surface area contributed by atoms with Gasteiger partial charge in [0, 0.05) is 22.8 Å². The van der Waals surface area contributed by atoms with Crippen molar-refractivity contribution in [1.29, 1.82) is 0 Å². The number of halogens is 3. The largest absolute Gasteiger partial charge is 0.265 e. The zero-order valence-electron chi connectivity index (χ0n) is 8.91. The van der Waals surface area contributed by atoms with Crippen LogP contribution in [0.3, 0.4) is 0 Å². The summed E-state index contributed by atoms with van der Waals surface area (Å²) in [4.78, 5) is 3.85. The fourth-order valence-electron chi connectivity index (χ4n) is 1.60. The zero-order valence-corrected chi connectivity index (χ0v) is 11.2. The van der Waals surface area contributed by atoms with Crippen molar-refractivity contribution in [2.45, 2.75) is 11.2 Å². The van der Waals surface area contributed by atoms with Crippen LogP contribution in [0.2, 0.25) is 5.02 Å². The summed E-state index contributed by atoms with van der Waals surface area (Å²) in [5.74, 6) is -0.356. The van der Waals surface area contributed by atoms with E-state index in [1.54, 1.807) is 30.6 Å². The predicted octanol–water partition coefficient (Wildman–Crippen LogP) is 4.55. The predicted molar refractivity (Wildman–Crippen MR) is 71.0 cm³/mol. The molecular formula is C13H10BrClFN. The van der Waals surface area contributed by atoms with Crippen LogP contribution in [0.25, 0.3) is 0 Å². The number of hydrogen-bond donors (Lipinski definition) is 0. The van der Waals surface area contributed by atoms with E-state index in [1.165, 1.54) is 0 Å². The Balaban J connectivity index is 2.20. The van der Waals surface area contributed by atoms with Crippen molar-refractivity contribution in [3.63, 3.8) is 0 Å². The Morgan fingerprint density at radius 2 is 1.94 bits per heavy atom. The first-order chi connectivity index (χ1) is 8.18. The SMILES string of the molecule is Fc1c(Cl)cccc1C(Br)Cc1ccncc1. The lowest BCUT2D eigenvalue weighted by molar-refractivity contribution is 0.608. The van der Waals surface area contributed by atoms with Crippen molar-refractivity contribution in [3.05, 3.63) is 64.7 Å². The Kier molecular flexibility index (Phi) is 4.13. The average molecular weight is 315 g/mol. The van der Waals surface area contributed by atoms with Crippen LogP contribution in [0.1, 0.15) is 16.0 Å². The quantitative estimate of drug-likeness (QED) is 0.757. The van der Waals surface area contributed by atoms with Gasteiger partial charge in [0.05, 0.1) is 5.02 Å². The topological polar surface area (TPSA) is 12.9 Å². The van der Waals surface area contributed by atoms with E-state index in [9.17, 15) is 4.39 Å². The maximum Gasteiger partial charge on any atom is 0.146 e. The Morgan fingerprint density at radius 1 is 1.24 bits per heavy atom. The molecule has 2 rings (SSSR count). The second kappa shape index (κ2) is 5.61. The standard InChI is InChI=1S/C13H10BrClFN/c14-11(8-9-4-6-17-7-5-9)10-2-1-3-12(15)13(10)16/h1-7,11H,8H2. The Bertz CT molecular complexity index is 504. The molecule has 0 aliphatic carbocycles. The summed E-state index contributed by atoms with van der Waals surface area (Å²) in [6.45, 7) is 0. The molecule has 0 bridgehead atoms. The zero-order chi connectivity index (χ0) is 12.3. The molecular weight excluding hydrogens is 305 g/mol. The molecule has 0 saturated carbocycles. The molecule has 88 valence electrons. The van der Waals surface area contributed by atoms with Crippen LogP contribution in [-0.4, -0.2) is 4.98 Å². The van der Waals surface area contributed by atoms with Gasteiger partial charge in [-0.3, -0.25) is 4.98 Å². The number of nitrogens with zero attached hydrogens (tertiary/aromatic N) is 1. The smallest absolute Gasteiger partial charge is 0.146 e. The summed E-state index contributed by atoms with van der Waals surface area (Å²) in [6, 6.07) is 8.86. The minimum atomic E-state index is -0.356. The van der Waals surface area contributed by atoms with Gasteiger partial charge in [0.1, 0.15) is 5.82 Å². The van der Waals surface area contributed by atoms with Crippen LogP contribution < -0.4 is 0 Å². The molecule has 1 aromatic carbocycles. The third-order valence-electron chi connectivity index (χ3n) is 2.48. The number of hydrogen-bond acceptors (Lipinski definition) is 1. The van der Waals surface area contributed by atoms with E-state index in [2.05, 4.69) is 20.9 Å². The molecule has 2 aromatic rings. The highest BCUT2D eigenvalue weighted by Crippen LogP contribution is 2.31. The van der Waals surface area contributed by atoms with Gasteiger partial charge in [0.15, 0.2) is 0 Å². The van der Waals surface area contributed by atoms with Gasteiger partial charge in [0.25, 0.3) is 0 Å². The third-order valence-corrected chi connectivity index (χ3v) is 3.59. The maximum absolute atomic E-state index is 13.8. The molecule has 0 aliphatic rings.